The van der Waals surface area contributed by atoms with Gasteiger partial charge in [0.25, 0.3) is 0 Å². The standard InChI is InChI=1S/C7H14Cl2O3P/c1-7(2)13(10,11-5-3-8)12-6-4-9/h3-6H2,1-2H3. The first-order valence-electron chi connectivity index (χ1n) is 3.88. The van der Waals surface area contributed by atoms with E-state index in [4.69, 9.17) is 32.2 Å². The Kier molecular flexibility index (Phi) is 7.48. The predicted octanol–water partition coefficient (Wildman–Crippen LogP) is 3.26. The third-order valence-electron chi connectivity index (χ3n) is 1.22. The Morgan fingerprint density at radius 2 is 1.54 bits per heavy atom. The lowest BCUT2D eigenvalue weighted by Crippen LogP contribution is -2.04. The van der Waals surface area contributed by atoms with Gasteiger partial charge in [-0.05, 0) is 13.8 Å². The fraction of sp³-hybridized carbons (Fsp3) is 0.857. The molecule has 0 aliphatic carbocycles. The summed E-state index contributed by atoms with van der Waals surface area (Å²) in [6.07, 6.45) is 0. The highest BCUT2D eigenvalue weighted by molar-refractivity contribution is 7.57. The van der Waals surface area contributed by atoms with Crippen LogP contribution in [-0.2, 0) is 13.6 Å². The number of hydrogen-bond donors (Lipinski definition) is 0. The Balaban J connectivity index is 4.09. The highest BCUT2D eigenvalue weighted by atomic mass is 35.5. The van der Waals surface area contributed by atoms with Crippen LogP contribution < -0.4 is 0 Å². The molecule has 3 nitrogen and oxygen atoms in total. The van der Waals surface area contributed by atoms with E-state index in [0.29, 0.717) is 17.4 Å². The van der Waals surface area contributed by atoms with Crippen LogP contribution in [-0.4, -0.2) is 25.0 Å². The summed E-state index contributed by atoms with van der Waals surface area (Å²) in [5, 5.41) is 0. The van der Waals surface area contributed by atoms with E-state index in [0.717, 1.165) is 0 Å². The normalized spacial score (nSPS) is 12.4. The van der Waals surface area contributed by atoms with Crippen LogP contribution in [0.2, 0.25) is 0 Å². The summed E-state index contributed by atoms with van der Waals surface area (Å²) >= 11 is 10.8. The number of alkyl halides is 2. The van der Waals surface area contributed by atoms with Gasteiger partial charge in [-0.15, -0.1) is 23.2 Å². The van der Waals surface area contributed by atoms with Crippen LogP contribution in [0.4, 0.5) is 0 Å². The van der Waals surface area contributed by atoms with Crippen LogP contribution in [0.1, 0.15) is 13.8 Å². The summed E-state index contributed by atoms with van der Waals surface area (Å²) in [5.41, 5.74) is 0.614. The summed E-state index contributed by atoms with van der Waals surface area (Å²) in [6, 6.07) is 0. The van der Waals surface area contributed by atoms with Crippen molar-refractivity contribution in [2.24, 2.45) is 0 Å². The molecule has 0 aromatic carbocycles. The summed E-state index contributed by atoms with van der Waals surface area (Å²) < 4.78 is 21.9. The van der Waals surface area contributed by atoms with Crippen molar-refractivity contribution in [3.05, 3.63) is 5.66 Å². The second-order valence-corrected chi connectivity index (χ2v) is 5.65. The zero-order valence-electron chi connectivity index (χ0n) is 7.76. The maximum Gasteiger partial charge on any atom is 0.337 e. The van der Waals surface area contributed by atoms with Crippen molar-refractivity contribution < 1.29 is 13.6 Å². The molecule has 0 amide bonds. The van der Waals surface area contributed by atoms with Gasteiger partial charge in [-0.1, -0.05) is 0 Å². The van der Waals surface area contributed by atoms with Crippen LogP contribution in [0.25, 0.3) is 0 Å². The largest absolute Gasteiger partial charge is 0.337 e. The van der Waals surface area contributed by atoms with Crippen LogP contribution in [0.3, 0.4) is 0 Å². The van der Waals surface area contributed by atoms with Gasteiger partial charge in [0.1, 0.15) is 0 Å². The van der Waals surface area contributed by atoms with Crippen molar-refractivity contribution >= 4 is 30.8 Å². The van der Waals surface area contributed by atoms with Gasteiger partial charge in [-0.2, -0.15) is 0 Å². The minimum atomic E-state index is -3.08. The van der Waals surface area contributed by atoms with Gasteiger partial charge in [0.05, 0.1) is 18.9 Å². The molecule has 0 aromatic heterocycles. The van der Waals surface area contributed by atoms with Gasteiger partial charge in [0.15, 0.2) is 0 Å². The van der Waals surface area contributed by atoms with Crippen LogP contribution in [0, 0.1) is 5.66 Å². The molecule has 79 valence electrons. The molecule has 0 saturated heterocycles. The van der Waals surface area contributed by atoms with Crippen molar-refractivity contribution in [2.45, 2.75) is 13.8 Å². The van der Waals surface area contributed by atoms with E-state index in [-0.39, 0.29) is 13.2 Å². The molecule has 0 spiro atoms. The SMILES string of the molecule is C[C](C)P(=O)(OCCCl)OCCCl. The van der Waals surface area contributed by atoms with Crippen LogP contribution >= 0.6 is 30.8 Å². The van der Waals surface area contributed by atoms with Crippen molar-refractivity contribution in [2.75, 3.05) is 25.0 Å². The van der Waals surface area contributed by atoms with Crippen molar-refractivity contribution in [3.8, 4) is 0 Å². The van der Waals surface area contributed by atoms with Gasteiger partial charge in [0.2, 0.25) is 0 Å². The molecule has 0 unspecified atom stereocenters. The third kappa shape index (κ3) is 5.24. The third-order valence-corrected chi connectivity index (χ3v) is 3.67. The molecule has 0 aromatic rings. The van der Waals surface area contributed by atoms with Gasteiger partial charge < -0.3 is 9.05 Å². The summed E-state index contributed by atoms with van der Waals surface area (Å²) in [5.74, 6) is 0.586. The average molecular weight is 248 g/mol. The second-order valence-electron chi connectivity index (χ2n) is 2.49. The smallest absolute Gasteiger partial charge is 0.307 e. The van der Waals surface area contributed by atoms with E-state index in [1.165, 1.54) is 0 Å². The molecule has 0 N–H and O–H groups in total. The molecule has 13 heavy (non-hydrogen) atoms. The van der Waals surface area contributed by atoms with Gasteiger partial charge in [-0.25, -0.2) is 0 Å². The van der Waals surface area contributed by atoms with E-state index >= 15 is 0 Å². The zero-order chi connectivity index (χ0) is 10.3. The molecule has 0 fully saturated rings. The first-order valence-corrected chi connectivity index (χ1v) is 6.49. The van der Waals surface area contributed by atoms with E-state index in [1.54, 1.807) is 13.8 Å². The van der Waals surface area contributed by atoms with E-state index in [1.807, 2.05) is 0 Å². The maximum atomic E-state index is 11.8. The number of rotatable bonds is 7. The first kappa shape index (κ1) is 13.7. The average Bonchev–Trinajstić information content (AvgIpc) is 2.11. The van der Waals surface area contributed by atoms with Crippen LogP contribution in [0.15, 0.2) is 0 Å². The Hall–Kier alpha value is 0.730. The highest BCUT2D eigenvalue weighted by Crippen LogP contribution is 2.57. The lowest BCUT2D eigenvalue weighted by molar-refractivity contribution is 0.223. The molecule has 1 radical (unpaired) electrons. The summed E-state index contributed by atoms with van der Waals surface area (Å²) in [4.78, 5) is 0. The molecular weight excluding hydrogens is 234 g/mol. The Morgan fingerprint density at radius 1 is 1.15 bits per heavy atom. The Labute approximate surface area is 89.2 Å². The van der Waals surface area contributed by atoms with Gasteiger partial charge >= 0.3 is 7.60 Å². The number of halogens is 2. The second kappa shape index (κ2) is 7.08. The molecule has 0 saturated carbocycles. The minimum absolute atomic E-state index is 0.215. The molecule has 6 heteroatoms. The summed E-state index contributed by atoms with van der Waals surface area (Å²) in [6.45, 7) is 3.82. The van der Waals surface area contributed by atoms with Crippen molar-refractivity contribution in [1.82, 2.24) is 0 Å². The van der Waals surface area contributed by atoms with E-state index in [9.17, 15) is 4.57 Å². The molecule has 0 aliphatic heterocycles. The molecule has 0 rings (SSSR count). The zero-order valence-corrected chi connectivity index (χ0v) is 10.2. The molecule has 0 aliphatic rings. The maximum absolute atomic E-state index is 11.8. The first-order chi connectivity index (χ1) is 6.06. The predicted molar refractivity (Wildman–Crippen MR) is 55.5 cm³/mol. The fourth-order valence-corrected chi connectivity index (χ4v) is 2.23. The molecule has 0 atom stereocenters. The Bertz CT molecular complexity index is 163. The fourth-order valence-electron chi connectivity index (χ4n) is 0.605. The quantitative estimate of drug-likeness (QED) is 0.512. The molecular formula is C7H14Cl2O3P. The summed E-state index contributed by atoms with van der Waals surface area (Å²) in [7, 11) is -3.08. The van der Waals surface area contributed by atoms with Crippen LogP contribution in [0.5, 0.6) is 0 Å². The van der Waals surface area contributed by atoms with E-state index in [2.05, 4.69) is 0 Å². The van der Waals surface area contributed by atoms with Gasteiger partial charge in [-0.3, -0.25) is 4.57 Å². The lowest BCUT2D eigenvalue weighted by Gasteiger charge is -2.20. The van der Waals surface area contributed by atoms with Crippen molar-refractivity contribution in [1.29, 1.82) is 0 Å². The Morgan fingerprint density at radius 3 is 1.77 bits per heavy atom. The molecule has 0 heterocycles. The minimum Gasteiger partial charge on any atom is -0.307 e. The lowest BCUT2D eigenvalue weighted by atomic mass is 10.6. The monoisotopic (exact) mass is 247 g/mol. The highest BCUT2D eigenvalue weighted by Gasteiger charge is 2.29. The number of hydrogen-bond acceptors (Lipinski definition) is 3. The molecule has 0 bridgehead atoms. The topological polar surface area (TPSA) is 35.5 Å². The van der Waals surface area contributed by atoms with E-state index < -0.39 is 7.60 Å². The van der Waals surface area contributed by atoms with Crippen molar-refractivity contribution in [3.63, 3.8) is 0 Å². The van der Waals surface area contributed by atoms with Gasteiger partial charge in [0, 0.05) is 11.8 Å².